The maximum Gasteiger partial charge on any atom is 0.208 e. The molecular formula is C50H30O7. The highest BCUT2D eigenvalue weighted by molar-refractivity contribution is 6.23. The van der Waals surface area contributed by atoms with E-state index >= 15 is 0 Å². The molecular weight excluding hydrogens is 713 g/mol. The first-order valence-corrected chi connectivity index (χ1v) is 18.5. The first-order valence-electron chi connectivity index (χ1n) is 18.5. The van der Waals surface area contributed by atoms with E-state index in [-0.39, 0.29) is 5.56 Å². The van der Waals surface area contributed by atoms with Crippen molar-refractivity contribution in [1.29, 1.82) is 0 Å². The van der Waals surface area contributed by atoms with Crippen molar-refractivity contribution in [2.24, 2.45) is 0 Å². The molecule has 0 unspecified atom stereocenters. The first-order chi connectivity index (χ1) is 27.9. The van der Waals surface area contributed by atoms with Crippen LogP contribution in [0.3, 0.4) is 0 Å². The van der Waals surface area contributed by atoms with Gasteiger partial charge < -0.3 is 34.4 Å². The molecule has 7 heteroatoms. The summed E-state index contributed by atoms with van der Waals surface area (Å²) < 4.78 is 12.8. The average molecular weight is 743 g/mol. The zero-order valence-electron chi connectivity index (χ0n) is 30.0. The predicted octanol–water partition coefficient (Wildman–Crippen LogP) is 13.0. The number of furan rings is 2. The van der Waals surface area contributed by atoms with Gasteiger partial charge in [-0.1, -0.05) is 115 Å². The molecule has 11 rings (SSSR count). The maximum atomic E-state index is 11.2. The van der Waals surface area contributed by atoms with Crippen LogP contribution < -0.4 is 0 Å². The van der Waals surface area contributed by atoms with Crippen molar-refractivity contribution in [2.75, 3.05) is 0 Å². The van der Waals surface area contributed by atoms with Gasteiger partial charge in [0.05, 0.1) is 5.56 Å². The molecule has 57 heavy (non-hydrogen) atoms. The lowest BCUT2D eigenvalue weighted by molar-refractivity contribution is 0.330. The van der Waals surface area contributed by atoms with Crippen LogP contribution in [0.2, 0.25) is 0 Å². The molecule has 9 aromatic carbocycles. The molecule has 0 aliphatic rings. The highest BCUT2D eigenvalue weighted by atomic mass is 16.4. The smallest absolute Gasteiger partial charge is 0.208 e. The number of fused-ring (bicyclic) bond motifs is 8. The molecule has 0 aliphatic carbocycles. The largest absolute Gasteiger partial charge is 0.504 e. The summed E-state index contributed by atoms with van der Waals surface area (Å²) in [5, 5.41) is 60.8. The van der Waals surface area contributed by atoms with Gasteiger partial charge in [-0.15, -0.1) is 0 Å². The minimum absolute atomic E-state index is 0.194. The normalized spacial score (nSPS) is 11.9. The summed E-state index contributed by atoms with van der Waals surface area (Å²) in [6.07, 6.45) is 0. The van der Waals surface area contributed by atoms with Crippen LogP contribution in [-0.2, 0) is 0 Å². The number of para-hydroxylation sites is 2. The van der Waals surface area contributed by atoms with Crippen LogP contribution in [0.4, 0.5) is 0 Å². The van der Waals surface area contributed by atoms with Crippen LogP contribution in [0.15, 0.2) is 160 Å². The van der Waals surface area contributed by atoms with E-state index in [0.29, 0.717) is 16.3 Å². The lowest BCUT2D eigenvalue weighted by Gasteiger charge is -2.20. The fraction of sp³-hybridized carbons (Fsp3) is 0. The van der Waals surface area contributed by atoms with Crippen molar-refractivity contribution >= 4 is 65.4 Å². The van der Waals surface area contributed by atoms with Crippen molar-refractivity contribution in [2.45, 2.75) is 0 Å². The van der Waals surface area contributed by atoms with Crippen LogP contribution in [0.5, 0.6) is 28.7 Å². The van der Waals surface area contributed by atoms with E-state index in [1.165, 1.54) is 0 Å². The highest BCUT2D eigenvalue weighted by Crippen LogP contribution is 2.58. The molecule has 0 atom stereocenters. The summed E-state index contributed by atoms with van der Waals surface area (Å²) in [6, 6.07) is 50.3. The number of rotatable bonds is 4. The van der Waals surface area contributed by atoms with Crippen molar-refractivity contribution in [3.8, 4) is 73.3 Å². The second-order valence-corrected chi connectivity index (χ2v) is 14.3. The molecule has 0 aliphatic heterocycles. The SMILES string of the molecule is Oc1c(O)c(O)c(-c2c3ccccc3c(-c3cccc(-c4c(-c5ccc6c(c5)oc5ccccc56)ccc5oc6ccccc6c45)c3)c3ccccc23)c(O)c1O. The quantitative estimate of drug-likeness (QED) is 0.0690. The minimum Gasteiger partial charge on any atom is -0.504 e. The molecule has 272 valence electrons. The Morgan fingerprint density at radius 3 is 1.42 bits per heavy atom. The average Bonchev–Trinajstić information content (AvgIpc) is 3.82. The fourth-order valence-electron chi connectivity index (χ4n) is 8.71. The van der Waals surface area contributed by atoms with E-state index in [0.717, 1.165) is 88.0 Å². The Balaban J connectivity index is 1.20. The van der Waals surface area contributed by atoms with Crippen molar-refractivity contribution < 1.29 is 34.4 Å². The molecule has 0 fully saturated rings. The lowest BCUT2D eigenvalue weighted by Crippen LogP contribution is -1.93. The van der Waals surface area contributed by atoms with Gasteiger partial charge in [-0.05, 0) is 85.8 Å². The molecule has 0 spiro atoms. The molecule has 0 saturated carbocycles. The number of phenolic OH excluding ortho intramolecular Hbond substituents is 5. The Kier molecular flexibility index (Phi) is 6.88. The Hall–Kier alpha value is -7.90. The second-order valence-electron chi connectivity index (χ2n) is 14.3. The maximum absolute atomic E-state index is 11.2. The summed E-state index contributed by atoms with van der Waals surface area (Å²) >= 11 is 0. The van der Waals surface area contributed by atoms with Gasteiger partial charge in [0.1, 0.15) is 22.3 Å². The van der Waals surface area contributed by atoms with Crippen LogP contribution in [-0.4, -0.2) is 25.5 Å². The Morgan fingerprint density at radius 2 is 0.772 bits per heavy atom. The van der Waals surface area contributed by atoms with Crippen LogP contribution >= 0.6 is 0 Å². The molecule has 2 aromatic heterocycles. The zero-order valence-corrected chi connectivity index (χ0v) is 30.0. The molecule has 0 radical (unpaired) electrons. The molecule has 11 aromatic rings. The van der Waals surface area contributed by atoms with E-state index in [2.05, 4.69) is 54.6 Å². The van der Waals surface area contributed by atoms with Crippen molar-refractivity contribution in [3.63, 3.8) is 0 Å². The van der Waals surface area contributed by atoms with Gasteiger partial charge in [0, 0.05) is 32.7 Å². The summed E-state index contributed by atoms with van der Waals surface area (Å²) in [6.45, 7) is 0. The topological polar surface area (TPSA) is 127 Å². The molecule has 0 saturated heterocycles. The van der Waals surface area contributed by atoms with Crippen molar-refractivity contribution in [3.05, 3.63) is 152 Å². The third kappa shape index (κ3) is 4.66. The minimum atomic E-state index is -1.01. The molecule has 0 bridgehead atoms. The summed E-state index contributed by atoms with van der Waals surface area (Å²) in [5.74, 6) is -4.36. The van der Waals surface area contributed by atoms with Gasteiger partial charge in [-0.2, -0.15) is 0 Å². The van der Waals surface area contributed by atoms with Gasteiger partial charge in [0.15, 0.2) is 11.5 Å². The molecule has 2 heterocycles. The van der Waals surface area contributed by atoms with E-state index < -0.39 is 28.7 Å². The van der Waals surface area contributed by atoms with Crippen molar-refractivity contribution in [1.82, 2.24) is 0 Å². The van der Waals surface area contributed by atoms with Gasteiger partial charge in [0.25, 0.3) is 0 Å². The lowest BCUT2D eigenvalue weighted by atomic mass is 9.84. The van der Waals surface area contributed by atoms with E-state index in [9.17, 15) is 25.5 Å². The first kappa shape index (κ1) is 32.5. The van der Waals surface area contributed by atoms with Crippen LogP contribution in [0.1, 0.15) is 0 Å². The van der Waals surface area contributed by atoms with E-state index in [4.69, 9.17) is 8.83 Å². The zero-order chi connectivity index (χ0) is 38.5. The number of phenols is 5. The van der Waals surface area contributed by atoms with Gasteiger partial charge >= 0.3 is 0 Å². The molecule has 0 amide bonds. The summed E-state index contributed by atoms with van der Waals surface area (Å²) in [4.78, 5) is 0. The summed E-state index contributed by atoms with van der Waals surface area (Å²) in [5.41, 5.74) is 9.19. The Morgan fingerprint density at radius 1 is 0.281 bits per heavy atom. The van der Waals surface area contributed by atoms with Gasteiger partial charge in [-0.25, -0.2) is 0 Å². The van der Waals surface area contributed by atoms with Crippen LogP contribution in [0, 0.1) is 0 Å². The molecule has 5 N–H and O–H groups in total. The fourth-order valence-corrected chi connectivity index (χ4v) is 8.71. The van der Waals surface area contributed by atoms with Gasteiger partial charge in [0.2, 0.25) is 17.2 Å². The summed E-state index contributed by atoms with van der Waals surface area (Å²) in [7, 11) is 0. The van der Waals surface area contributed by atoms with E-state index in [1.54, 1.807) is 0 Å². The van der Waals surface area contributed by atoms with Crippen LogP contribution in [0.25, 0.3) is 110 Å². The standard InChI is InChI=1S/C50H30O7/c51-46-45(47(52)49(54)50(55)48(46)53)43-34-15-3-1-13-32(34)41(33-14-2-4-16-35(33)43)27-10-9-11-28(24-27)42-29(22-23-39-44(42)36-17-6-8-19-38(36)56-39)26-20-21-31-30-12-5-7-18-37(30)57-40(31)25-26/h1-25,51-55H. The highest BCUT2D eigenvalue weighted by Gasteiger charge is 2.28. The Bertz CT molecular complexity index is 3390. The predicted molar refractivity (Wildman–Crippen MR) is 226 cm³/mol. The van der Waals surface area contributed by atoms with E-state index in [1.807, 2.05) is 97.1 Å². The number of aromatic hydroxyl groups is 5. The number of hydrogen-bond acceptors (Lipinski definition) is 7. The Labute approximate surface area is 323 Å². The second kappa shape index (κ2) is 12.1. The number of benzene rings is 9. The molecule has 7 nitrogen and oxygen atoms in total. The third-order valence-electron chi connectivity index (χ3n) is 11.2. The third-order valence-corrected chi connectivity index (χ3v) is 11.2. The number of hydrogen-bond donors (Lipinski definition) is 5. The van der Waals surface area contributed by atoms with Gasteiger partial charge in [-0.3, -0.25) is 0 Å². The monoisotopic (exact) mass is 742 g/mol.